The molecule has 0 saturated carbocycles. The van der Waals surface area contributed by atoms with Crippen LogP contribution in [0.5, 0.6) is 17.2 Å². The van der Waals surface area contributed by atoms with Gasteiger partial charge in [-0.25, -0.2) is 9.59 Å². The Bertz CT molecular complexity index is 1850. The minimum absolute atomic E-state index is 0.0407. The maximum absolute atomic E-state index is 11.6. The predicted molar refractivity (Wildman–Crippen MR) is 194 cm³/mol. The number of hydrogen-bond acceptors (Lipinski definition) is 7. The van der Waals surface area contributed by atoms with E-state index in [0.29, 0.717) is 38.5 Å². The molecule has 0 fully saturated rings. The van der Waals surface area contributed by atoms with Crippen molar-refractivity contribution in [3.63, 3.8) is 0 Å². The Labute approximate surface area is 285 Å². The van der Waals surface area contributed by atoms with Crippen LogP contribution in [0.1, 0.15) is 64.6 Å². The van der Waals surface area contributed by atoms with Crippen molar-refractivity contribution in [2.24, 2.45) is 10.7 Å². The van der Waals surface area contributed by atoms with Gasteiger partial charge in [-0.15, -0.1) is 0 Å². The molecule has 0 aliphatic rings. The molecule has 0 amide bonds. The molecule has 0 aliphatic heterocycles. The summed E-state index contributed by atoms with van der Waals surface area (Å²) in [5, 5.41) is 42.8. The molecule has 49 heavy (non-hydrogen) atoms. The van der Waals surface area contributed by atoms with Crippen LogP contribution in [0.4, 0.5) is 0 Å². The standard InChI is InChI=1S/C23H16O6.C16H27N3O/c24-20-16(14-7-3-1-5-12(14)9-18(20)22(26)27)11-17-15-8-4-2-6-13(15)10-19(21(17)25)23(28)29;1-4-13-20-15-9-7-14(8-10-15)16(17)18-11-12-19(5-2)6-3/h1-10,24-25H,11H2,(H,26,27)(H,28,29);7-10H,4-6,11-13H2,1-3H3,(H2,17,18). The van der Waals surface area contributed by atoms with Crippen molar-refractivity contribution >= 4 is 39.3 Å². The van der Waals surface area contributed by atoms with Crippen molar-refractivity contribution in [3.8, 4) is 17.2 Å². The van der Waals surface area contributed by atoms with Gasteiger partial charge in [-0.05, 0) is 77.5 Å². The van der Waals surface area contributed by atoms with Crippen LogP contribution in [0.25, 0.3) is 21.5 Å². The quantitative estimate of drug-likeness (QED) is 0.0663. The van der Waals surface area contributed by atoms with Gasteiger partial charge in [0.15, 0.2) is 0 Å². The fraction of sp³-hybridized carbons (Fsp3) is 0.256. The Morgan fingerprint density at radius 3 is 1.69 bits per heavy atom. The molecule has 0 aromatic heterocycles. The lowest BCUT2D eigenvalue weighted by molar-refractivity contribution is 0.0682. The summed E-state index contributed by atoms with van der Waals surface area (Å²) in [5.74, 6) is -1.88. The van der Waals surface area contributed by atoms with Crippen molar-refractivity contribution in [1.82, 2.24) is 4.90 Å². The Kier molecular flexibility index (Phi) is 12.6. The van der Waals surface area contributed by atoms with Crippen molar-refractivity contribution in [1.29, 1.82) is 0 Å². The largest absolute Gasteiger partial charge is 0.507 e. The number of nitrogens with two attached hydrogens (primary N) is 1. The number of aliphatic imine (C=N–C) groups is 1. The number of fused-ring (bicyclic) bond motifs is 2. The van der Waals surface area contributed by atoms with E-state index in [1.165, 1.54) is 12.1 Å². The summed E-state index contributed by atoms with van der Waals surface area (Å²) in [7, 11) is 0. The average molecular weight is 666 g/mol. The lowest BCUT2D eigenvalue weighted by atomic mass is 9.90. The molecule has 10 heteroatoms. The van der Waals surface area contributed by atoms with E-state index in [1.54, 1.807) is 48.5 Å². The van der Waals surface area contributed by atoms with Gasteiger partial charge < -0.3 is 35.8 Å². The van der Waals surface area contributed by atoms with Gasteiger partial charge in [0.25, 0.3) is 0 Å². The number of phenols is 2. The minimum Gasteiger partial charge on any atom is -0.507 e. The number of aromatic hydroxyl groups is 2. The van der Waals surface area contributed by atoms with Crippen LogP contribution < -0.4 is 10.5 Å². The molecule has 0 unspecified atom stereocenters. The third kappa shape index (κ3) is 8.85. The van der Waals surface area contributed by atoms with Crippen molar-refractivity contribution in [3.05, 3.63) is 113 Å². The Morgan fingerprint density at radius 2 is 1.24 bits per heavy atom. The second-order valence-corrected chi connectivity index (χ2v) is 11.4. The van der Waals surface area contributed by atoms with E-state index in [9.17, 15) is 30.0 Å². The summed E-state index contributed by atoms with van der Waals surface area (Å²) in [6.07, 6.45) is 0.970. The number of carboxylic acid groups (broad SMARTS) is 2. The average Bonchev–Trinajstić information content (AvgIpc) is 3.11. The van der Waals surface area contributed by atoms with E-state index in [1.807, 2.05) is 24.3 Å². The van der Waals surface area contributed by atoms with E-state index in [-0.39, 0.29) is 17.5 Å². The first-order valence-corrected chi connectivity index (χ1v) is 16.3. The van der Waals surface area contributed by atoms with Gasteiger partial charge in [0.05, 0.1) is 13.2 Å². The third-order valence-corrected chi connectivity index (χ3v) is 8.28. The molecule has 0 atom stereocenters. The molecule has 0 saturated heterocycles. The van der Waals surface area contributed by atoms with Crippen molar-refractivity contribution < 1.29 is 34.8 Å². The summed E-state index contributed by atoms with van der Waals surface area (Å²) >= 11 is 0. The molecule has 5 rings (SSSR count). The second kappa shape index (κ2) is 17.0. The molecule has 256 valence electrons. The molecule has 6 N–H and O–H groups in total. The molecule has 0 bridgehead atoms. The summed E-state index contributed by atoms with van der Waals surface area (Å²) in [6, 6.07) is 24.6. The predicted octanol–water partition coefficient (Wildman–Crippen LogP) is 6.91. The Balaban J connectivity index is 0.000000238. The molecule has 0 heterocycles. The van der Waals surface area contributed by atoms with E-state index in [0.717, 1.165) is 50.5 Å². The zero-order chi connectivity index (χ0) is 35.5. The van der Waals surface area contributed by atoms with Crippen LogP contribution in [-0.4, -0.2) is 75.9 Å². The molecule has 0 aliphatic carbocycles. The normalized spacial score (nSPS) is 11.4. The number of ether oxygens (including phenoxy) is 1. The number of carboxylic acids is 2. The number of aromatic carboxylic acids is 2. The summed E-state index contributed by atoms with van der Waals surface area (Å²) in [5.41, 5.74) is 7.07. The first kappa shape index (κ1) is 36.2. The van der Waals surface area contributed by atoms with E-state index >= 15 is 0 Å². The number of carbonyl (C=O) groups is 2. The number of benzene rings is 5. The van der Waals surface area contributed by atoms with Gasteiger partial charge >= 0.3 is 11.9 Å². The maximum Gasteiger partial charge on any atom is 0.339 e. The highest BCUT2D eigenvalue weighted by Crippen LogP contribution is 2.38. The van der Waals surface area contributed by atoms with Crippen LogP contribution in [0.2, 0.25) is 0 Å². The number of amidine groups is 1. The van der Waals surface area contributed by atoms with Crippen LogP contribution in [-0.2, 0) is 6.42 Å². The van der Waals surface area contributed by atoms with Gasteiger partial charge in [-0.2, -0.15) is 0 Å². The fourth-order valence-corrected chi connectivity index (χ4v) is 5.57. The van der Waals surface area contributed by atoms with Crippen LogP contribution in [0, 0.1) is 0 Å². The van der Waals surface area contributed by atoms with Crippen LogP contribution in [0.3, 0.4) is 0 Å². The highest BCUT2D eigenvalue weighted by atomic mass is 16.5. The van der Waals surface area contributed by atoms with Gasteiger partial charge in [0, 0.05) is 29.7 Å². The minimum atomic E-state index is -1.28. The number of hydrogen-bond donors (Lipinski definition) is 5. The summed E-state index contributed by atoms with van der Waals surface area (Å²) < 4.78 is 5.54. The van der Waals surface area contributed by atoms with Crippen molar-refractivity contribution in [2.75, 3.05) is 32.8 Å². The Morgan fingerprint density at radius 1 is 0.755 bits per heavy atom. The lowest BCUT2D eigenvalue weighted by Crippen LogP contribution is -2.26. The van der Waals surface area contributed by atoms with Gasteiger partial charge in [-0.1, -0.05) is 69.3 Å². The van der Waals surface area contributed by atoms with E-state index in [4.69, 9.17) is 10.5 Å². The zero-order valence-corrected chi connectivity index (χ0v) is 28.0. The lowest BCUT2D eigenvalue weighted by Gasteiger charge is -2.16. The fourth-order valence-electron chi connectivity index (χ4n) is 5.57. The molecule has 5 aromatic rings. The molecule has 10 nitrogen and oxygen atoms in total. The molecule has 0 spiro atoms. The van der Waals surface area contributed by atoms with E-state index in [2.05, 4.69) is 30.7 Å². The summed E-state index contributed by atoms with van der Waals surface area (Å²) in [6.45, 7) is 10.9. The third-order valence-electron chi connectivity index (χ3n) is 8.28. The molecular weight excluding hydrogens is 622 g/mol. The molecule has 0 radical (unpaired) electrons. The second-order valence-electron chi connectivity index (χ2n) is 11.4. The highest BCUT2D eigenvalue weighted by Gasteiger charge is 2.22. The first-order chi connectivity index (χ1) is 23.6. The van der Waals surface area contributed by atoms with Crippen molar-refractivity contribution in [2.45, 2.75) is 33.6 Å². The molecular formula is C39H43N3O7. The highest BCUT2D eigenvalue weighted by molar-refractivity contribution is 6.02. The topological polar surface area (TPSA) is 166 Å². The smallest absolute Gasteiger partial charge is 0.339 e. The number of rotatable bonds is 13. The zero-order valence-electron chi connectivity index (χ0n) is 28.0. The van der Waals surface area contributed by atoms with Crippen LogP contribution in [0.15, 0.2) is 89.9 Å². The monoisotopic (exact) mass is 665 g/mol. The number of nitrogens with zero attached hydrogens (tertiary/aromatic N) is 2. The summed E-state index contributed by atoms with van der Waals surface area (Å²) in [4.78, 5) is 30.0. The maximum atomic E-state index is 11.6. The Hall–Kier alpha value is -5.61. The first-order valence-electron chi connectivity index (χ1n) is 16.3. The van der Waals surface area contributed by atoms with Gasteiger partial charge in [-0.3, -0.25) is 4.99 Å². The SMILES string of the molecule is CCCOc1ccc(C(N)=NCCN(CC)CC)cc1.O=C(O)c1cc2ccccc2c(Cc2c(O)c(C(=O)O)cc3ccccc23)c1O. The van der Waals surface area contributed by atoms with Gasteiger partial charge in [0.2, 0.25) is 0 Å². The van der Waals surface area contributed by atoms with E-state index < -0.39 is 23.4 Å². The van der Waals surface area contributed by atoms with Gasteiger partial charge in [0.1, 0.15) is 34.2 Å². The number of likely N-dealkylation sites (N-methyl/N-ethyl adjacent to an activating group) is 1. The van der Waals surface area contributed by atoms with Crippen LogP contribution >= 0.6 is 0 Å². The molecule has 5 aromatic carbocycles.